The summed E-state index contributed by atoms with van der Waals surface area (Å²) in [6, 6.07) is -0.620. The Morgan fingerprint density at radius 1 is 0.338 bits per heavy atom. The summed E-state index contributed by atoms with van der Waals surface area (Å²) in [5.74, 6) is -0.0465. The summed E-state index contributed by atoms with van der Waals surface area (Å²) in [6.45, 7) is 4.90. The van der Waals surface area contributed by atoms with Gasteiger partial charge in [0, 0.05) is 12.8 Å². The third-order valence-electron chi connectivity index (χ3n) is 17.2. The zero-order valence-corrected chi connectivity index (χ0v) is 54.3. The highest BCUT2D eigenvalue weighted by atomic mass is 16.5. The minimum absolute atomic E-state index is 0.0164. The van der Waals surface area contributed by atoms with Crippen LogP contribution >= 0.6 is 0 Å². The molecule has 474 valence electrons. The van der Waals surface area contributed by atoms with Crippen molar-refractivity contribution in [3.63, 3.8) is 0 Å². The molecule has 0 aromatic rings. The molecule has 80 heavy (non-hydrogen) atoms. The smallest absolute Gasteiger partial charge is 0.305 e. The molecule has 0 spiro atoms. The van der Waals surface area contributed by atoms with Crippen molar-refractivity contribution >= 4 is 11.9 Å². The first kappa shape index (κ1) is 78.3. The minimum Gasteiger partial charge on any atom is -0.466 e. The van der Waals surface area contributed by atoms with Crippen LogP contribution in [0.4, 0.5) is 0 Å². The van der Waals surface area contributed by atoms with E-state index in [9.17, 15) is 19.8 Å². The molecular formula is C74H143NO5. The summed E-state index contributed by atoms with van der Waals surface area (Å²) in [6.07, 6.45) is 88.8. The quantitative estimate of drug-likeness (QED) is 0.0320. The lowest BCUT2D eigenvalue weighted by molar-refractivity contribution is -0.143. The standard InChI is InChI=1S/C74H143NO5/c1-3-5-7-9-11-13-14-15-41-45-48-52-56-60-64-68-74(79)80-69-65-61-57-53-49-46-43-40-38-36-34-32-30-28-26-24-22-20-18-16-17-19-21-23-25-27-29-31-33-35-37-39-42-44-47-51-55-59-63-67-73(78)75-71(70-76)72(77)66-62-58-54-50-12-10-8-6-4-2/h15,41,62,66,71-72,76-77H,3-14,16-40,42-61,63-65,67-70H2,1-2H3,(H,75,78)/b41-15-,66-62+. The van der Waals surface area contributed by atoms with E-state index in [4.69, 9.17) is 4.74 Å². The number of nitrogens with one attached hydrogen (secondary N) is 1. The number of rotatable bonds is 69. The van der Waals surface area contributed by atoms with Crippen LogP contribution < -0.4 is 5.32 Å². The van der Waals surface area contributed by atoms with E-state index in [0.29, 0.717) is 19.4 Å². The van der Waals surface area contributed by atoms with Crippen LogP contribution in [0, 0.1) is 0 Å². The van der Waals surface area contributed by atoms with Crippen molar-refractivity contribution in [2.24, 2.45) is 0 Å². The molecule has 0 radical (unpaired) electrons. The fraction of sp³-hybridized carbons (Fsp3) is 0.919. The van der Waals surface area contributed by atoms with E-state index in [-0.39, 0.29) is 18.5 Å². The third kappa shape index (κ3) is 65.5. The summed E-state index contributed by atoms with van der Waals surface area (Å²) in [4.78, 5) is 24.5. The Labute approximate surface area is 501 Å². The molecule has 0 saturated heterocycles. The number of aliphatic hydroxyl groups is 2. The first-order valence-corrected chi connectivity index (χ1v) is 36.6. The van der Waals surface area contributed by atoms with Gasteiger partial charge in [-0.3, -0.25) is 9.59 Å². The molecule has 0 aromatic heterocycles. The lowest BCUT2D eigenvalue weighted by Gasteiger charge is -2.20. The van der Waals surface area contributed by atoms with E-state index >= 15 is 0 Å². The van der Waals surface area contributed by atoms with Crippen LogP contribution in [0.2, 0.25) is 0 Å². The molecule has 0 rings (SSSR count). The Morgan fingerprint density at radius 2 is 0.588 bits per heavy atom. The van der Waals surface area contributed by atoms with Crippen LogP contribution in [0.15, 0.2) is 24.3 Å². The van der Waals surface area contributed by atoms with Crippen molar-refractivity contribution in [3.8, 4) is 0 Å². The van der Waals surface area contributed by atoms with Gasteiger partial charge in [-0.1, -0.05) is 366 Å². The minimum atomic E-state index is -0.837. The second-order valence-corrected chi connectivity index (χ2v) is 25.3. The van der Waals surface area contributed by atoms with Gasteiger partial charge in [0.05, 0.1) is 25.4 Å². The Kier molecular flexibility index (Phi) is 68.4. The van der Waals surface area contributed by atoms with E-state index < -0.39 is 12.1 Å². The van der Waals surface area contributed by atoms with E-state index in [0.717, 1.165) is 44.9 Å². The van der Waals surface area contributed by atoms with Crippen molar-refractivity contribution in [3.05, 3.63) is 24.3 Å². The van der Waals surface area contributed by atoms with Crippen LogP contribution in [0.1, 0.15) is 412 Å². The number of unbranched alkanes of at least 4 members (excludes halogenated alkanes) is 56. The summed E-state index contributed by atoms with van der Waals surface area (Å²) >= 11 is 0. The van der Waals surface area contributed by atoms with E-state index in [1.165, 1.54) is 340 Å². The molecule has 6 heteroatoms. The maximum Gasteiger partial charge on any atom is 0.305 e. The van der Waals surface area contributed by atoms with Crippen LogP contribution in [0.25, 0.3) is 0 Å². The maximum atomic E-state index is 12.4. The molecular weight excluding hydrogens is 983 g/mol. The molecule has 0 aliphatic rings. The Balaban J connectivity index is 3.26. The van der Waals surface area contributed by atoms with Gasteiger partial charge >= 0.3 is 5.97 Å². The molecule has 0 bridgehead atoms. The number of carbonyl (C=O) groups excluding carboxylic acids is 2. The molecule has 1 amide bonds. The summed E-state index contributed by atoms with van der Waals surface area (Å²) in [5.41, 5.74) is 0. The van der Waals surface area contributed by atoms with Crippen molar-refractivity contribution in [1.82, 2.24) is 5.32 Å². The molecule has 0 saturated carbocycles. The molecule has 2 unspecified atom stereocenters. The maximum absolute atomic E-state index is 12.4. The first-order chi connectivity index (χ1) is 39.5. The van der Waals surface area contributed by atoms with Gasteiger partial charge in [0.1, 0.15) is 0 Å². The van der Waals surface area contributed by atoms with E-state index in [1.54, 1.807) is 6.08 Å². The average Bonchev–Trinajstić information content (AvgIpc) is 3.46. The zero-order chi connectivity index (χ0) is 57.8. The van der Waals surface area contributed by atoms with E-state index in [1.807, 2.05) is 6.08 Å². The van der Waals surface area contributed by atoms with Gasteiger partial charge in [-0.05, 0) is 57.8 Å². The number of carbonyl (C=O) groups is 2. The van der Waals surface area contributed by atoms with Gasteiger partial charge in [-0.2, -0.15) is 0 Å². The monoisotopic (exact) mass is 1130 g/mol. The Morgan fingerprint density at radius 3 is 0.887 bits per heavy atom. The van der Waals surface area contributed by atoms with Crippen molar-refractivity contribution in [2.45, 2.75) is 424 Å². The third-order valence-corrected chi connectivity index (χ3v) is 17.2. The number of amides is 1. The number of aliphatic hydroxyl groups excluding tert-OH is 2. The number of hydrogen-bond acceptors (Lipinski definition) is 5. The number of allylic oxidation sites excluding steroid dienone is 3. The highest BCUT2D eigenvalue weighted by molar-refractivity contribution is 5.76. The lowest BCUT2D eigenvalue weighted by atomic mass is 10.0. The highest BCUT2D eigenvalue weighted by Gasteiger charge is 2.18. The molecule has 3 N–H and O–H groups in total. The molecule has 0 heterocycles. The van der Waals surface area contributed by atoms with Gasteiger partial charge in [0.25, 0.3) is 0 Å². The van der Waals surface area contributed by atoms with Crippen molar-refractivity contribution < 1.29 is 24.5 Å². The second kappa shape index (κ2) is 69.8. The number of esters is 1. The second-order valence-electron chi connectivity index (χ2n) is 25.3. The van der Waals surface area contributed by atoms with Gasteiger partial charge < -0.3 is 20.3 Å². The molecule has 0 fully saturated rings. The first-order valence-electron chi connectivity index (χ1n) is 36.6. The van der Waals surface area contributed by atoms with E-state index in [2.05, 4.69) is 31.3 Å². The average molecular weight is 1130 g/mol. The molecule has 0 aliphatic heterocycles. The van der Waals surface area contributed by atoms with Gasteiger partial charge in [-0.15, -0.1) is 0 Å². The summed E-state index contributed by atoms with van der Waals surface area (Å²) < 4.78 is 5.50. The van der Waals surface area contributed by atoms with Crippen LogP contribution in [-0.2, 0) is 14.3 Å². The predicted octanol–water partition coefficient (Wildman–Crippen LogP) is 23.7. The van der Waals surface area contributed by atoms with Gasteiger partial charge in [-0.25, -0.2) is 0 Å². The SMILES string of the molecule is CCCCCCCC/C=C\CCCCCCCC(=O)OCCCCCCCCCCCCCCCCCCCCCCCCCCCCCCCCCCCCCCCCCC(=O)NC(CO)C(O)/C=C/CCCCCCCCC. The molecule has 6 nitrogen and oxygen atoms in total. The largest absolute Gasteiger partial charge is 0.466 e. The van der Waals surface area contributed by atoms with Crippen LogP contribution in [0.3, 0.4) is 0 Å². The molecule has 2 atom stereocenters. The Bertz CT molecular complexity index is 1250. The fourth-order valence-corrected chi connectivity index (χ4v) is 11.6. The van der Waals surface area contributed by atoms with Gasteiger partial charge in [0.2, 0.25) is 5.91 Å². The highest BCUT2D eigenvalue weighted by Crippen LogP contribution is 2.19. The zero-order valence-electron chi connectivity index (χ0n) is 54.3. The predicted molar refractivity (Wildman–Crippen MR) is 352 cm³/mol. The number of hydrogen-bond donors (Lipinski definition) is 3. The summed E-state index contributed by atoms with van der Waals surface area (Å²) in [5, 5.41) is 23.0. The normalized spacial score (nSPS) is 12.6. The van der Waals surface area contributed by atoms with Crippen molar-refractivity contribution in [1.29, 1.82) is 0 Å². The summed E-state index contributed by atoms with van der Waals surface area (Å²) in [7, 11) is 0. The molecule has 0 aromatic carbocycles. The van der Waals surface area contributed by atoms with Crippen LogP contribution in [-0.4, -0.2) is 47.4 Å². The molecule has 0 aliphatic carbocycles. The fourth-order valence-electron chi connectivity index (χ4n) is 11.6. The van der Waals surface area contributed by atoms with Crippen molar-refractivity contribution in [2.75, 3.05) is 13.2 Å². The number of ether oxygens (including phenoxy) is 1. The van der Waals surface area contributed by atoms with Crippen LogP contribution in [0.5, 0.6) is 0 Å². The topological polar surface area (TPSA) is 95.9 Å². The van der Waals surface area contributed by atoms with Gasteiger partial charge in [0.15, 0.2) is 0 Å². The Hall–Kier alpha value is -1.66. The lowest BCUT2D eigenvalue weighted by Crippen LogP contribution is -2.45.